The average Bonchev–Trinajstić information content (AvgIpc) is 3.12. The van der Waals surface area contributed by atoms with Gasteiger partial charge in [-0.3, -0.25) is 9.59 Å². The van der Waals surface area contributed by atoms with Gasteiger partial charge in [-0.1, -0.05) is 27.2 Å². The SMILES string of the molecule is CCCCC(=O)c1ccc2c3c(c[nH]c13)C[C@@H](CO)NC(=O)[C@H](C)N2CC(C)C. The highest BCUT2D eigenvalue weighted by atomic mass is 16.3. The molecular weight excluding hydrogens is 366 g/mol. The highest BCUT2D eigenvalue weighted by Gasteiger charge is 2.30. The normalized spacial score (nSPS) is 19.8. The summed E-state index contributed by atoms with van der Waals surface area (Å²) < 4.78 is 0. The van der Waals surface area contributed by atoms with Crippen LogP contribution in [0.15, 0.2) is 18.3 Å². The number of hydrogen-bond acceptors (Lipinski definition) is 4. The lowest BCUT2D eigenvalue weighted by Crippen LogP contribution is -2.50. The van der Waals surface area contributed by atoms with Crippen molar-refractivity contribution >= 4 is 28.3 Å². The molecule has 29 heavy (non-hydrogen) atoms. The standard InChI is InChI=1S/C23H33N3O3/c1-5-6-7-20(28)18-8-9-19-21-16(11-24-22(18)21)10-17(13-27)25-23(29)15(4)26(19)12-14(2)3/h8-9,11,14-15,17,24,27H,5-7,10,12-13H2,1-4H3,(H,25,29)/t15-,17-/m0/s1. The quantitative estimate of drug-likeness (QED) is 0.623. The molecule has 0 saturated carbocycles. The highest BCUT2D eigenvalue weighted by Crippen LogP contribution is 2.35. The van der Waals surface area contributed by atoms with Gasteiger partial charge in [0.25, 0.3) is 0 Å². The molecule has 1 aromatic heterocycles. The topological polar surface area (TPSA) is 85.4 Å². The molecule has 6 heteroatoms. The maximum absolute atomic E-state index is 12.8. The van der Waals surface area contributed by atoms with Gasteiger partial charge >= 0.3 is 0 Å². The first-order valence-corrected chi connectivity index (χ1v) is 10.7. The van der Waals surface area contributed by atoms with Gasteiger partial charge in [-0.25, -0.2) is 0 Å². The van der Waals surface area contributed by atoms with Crippen molar-refractivity contribution < 1.29 is 14.7 Å². The predicted octanol–water partition coefficient (Wildman–Crippen LogP) is 3.42. The van der Waals surface area contributed by atoms with Gasteiger partial charge in [0.15, 0.2) is 5.78 Å². The number of carbonyl (C=O) groups is 2. The average molecular weight is 400 g/mol. The fraction of sp³-hybridized carbons (Fsp3) is 0.565. The predicted molar refractivity (Wildman–Crippen MR) is 117 cm³/mol. The number of Topliss-reactive ketones (excluding diaryl/α,β-unsaturated/α-hetero) is 1. The van der Waals surface area contributed by atoms with Crippen molar-refractivity contribution in [3.8, 4) is 0 Å². The Morgan fingerprint density at radius 1 is 1.34 bits per heavy atom. The Labute approximate surface area is 172 Å². The smallest absolute Gasteiger partial charge is 0.242 e. The fourth-order valence-corrected chi connectivity index (χ4v) is 4.15. The molecule has 0 aliphatic carbocycles. The first kappa shape index (κ1) is 21.4. The number of nitrogens with one attached hydrogen (secondary N) is 2. The summed E-state index contributed by atoms with van der Waals surface area (Å²) in [5.41, 5.74) is 3.53. The van der Waals surface area contributed by atoms with Crippen molar-refractivity contribution in [3.05, 3.63) is 29.5 Å². The van der Waals surface area contributed by atoms with E-state index >= 15 is 0 Å². The van der Waals surface area contributed by atoms with E-state index in [0.29, 0.717) is 24.3 Å². The Hall–Kier alpha value is -2.34. The third-order valence-electron chi connectivity index (χ3n) is 5.70. The number of benzene rings is 1. The summed E-state index contributed by atoms with van der Waals surface area (Å²) in [7, 11) is 0. The van der Waals surface area contributed by atoms with Gasteiger partial charge in [0, 0.05) is 35.8 Å². The molecule has 1 aromatic carbocycles. The molecule has 1 aliphatic heterocycles. The van der Waals surface area contributed by atoms with E-state index in [-0.39, 0.29) is 30.4 Å². The number of carbonyl (C=O) groups excluding carboxylic acids is 2. The van der Waals surface area contributed by atoms with Crippen LogP contribution in [0, 0.1) is 5.92 Å². The molecule has 3 N–H and O–H groups in total. The molecule has 2 heterocycles. The molecule has 0 spiro atoms. The zero-order valence-corrected chi connectivity index (χ0v) is 17.9. The first-order chi connectivity index (χ1) is 13.9. The fourth-order valence-electron chi connectivity index (χ4n) is 4.15. The number of anilines is 1. The van der Waals surface area contributed by atoms with Crippen LogP contribution >= 0.6 is 0 Å². The van der Waals surface area contributed by atoms with Crippen LogP contribution in [0.4, 0.5) is 5.69 Å². The van der Waals surface area contributed by atoms with Crippen molar-refractivity contribution in [1.82, 2.24) is 10.3 Å². The van der Waals surface area contributed by atoms with Crippen LogP contribution in [0.3, 0.4) is 0 Å². The second-order valence-corrected chi connectivity index (χ2v) is 8.54. The van der Waals surface area contributed by atoms with Crippen LogP contribution in [-0.2, 0) is 11.2 Å². The molecule has 1 aliphatic rings. The van der Waals surface area contributed by atoms with Crippen LogP contribution in [0.1, 0.15) is 62.9 Å². The lowest BCUT2D eigenvalue weighted by Gasteiger charge is -2.33. The van der Waals surface area contributed by atoms with E-state index in [0.717, 1.165) is 41.5 Å². The molecule has 158 valence electrons. The number of amides is 1. The Morgan fingerprint density at radius 2 is 2.10 bits per heavy atom. The second kappa shape index (κ2) is 8.99. The number of aliphatic hydroxyl groups is 1. The van der Waals surface area contributed by atoms with Crippen molar-refractivity contribution in [2.75, 3.05) is 18.1 Å². The number of hydrogen-bond donors (Lipinski definition) is 3. The summed E-state index contributed by atoms with van der Waals surface area (Å²) in [6.07, 6.45) is 4.82. The van der Waals surface area contributed by atoms with Gasteiger partial charge in [-0.2, -0.15) is 0 Å². The van der Waals surface area contributed by atoms with Crippen LogP contribution in [0.2, 0.25) is 0 Å². The van der Waals surface area contributed by atoms with E-state index in [9.17, 15) is 14.7 Å². The number of nitrogens with zero attached hydrogens (tertiary/aromatic N) is 1. The maximum Gasteiger partial charge on any atom is 0.242 e. The molecule has 0 saturated heterocycles. The van der Waals surface area contributed by atoms with E-state index in [1.54, 1.807) is 0 Å². The summed E-state index contributed by atoms with van der Waals surface area (Å²) in [6.45, 7) is 8.84. The molecule has 2 atom stereocenters. The van der Waals surface area contributed by atoms with E-state index in [2.05, 4.69) is 36.0 Å². The van der Waals surface area contributed by atoms with Gasteiger partial charge in [0.1, 0.15) is 6.04 Å². The first-order valence-electron chi connectivity index (χ1n) is 10.7. The van der Waals surface area contributed by atoms with Crippen LogP contribution in [0.25, 0.3) is 10.9 Å². The van der Waals surface area contributed by atoms with Crippen molar-refractivity contribution in [1.29, 1.82) is 0 Å². The minimum atomic E-state index is -0.378. The second-order valence-electron chi connectivity index (χ2n) is 8.54. The number of aliphatic hydroxyl groups excluding tert-OH is 1. The van der Waals surface area contributed by atoms with E-state index < -0.39 is 0 Å². The van der Waals surface area contributed by atoms with Crippen LogP contribution in [-0.4, -0.2) is 47.0 Å². The number of rotatable bonds is 7. The minimum absolute atomic E-state index is 0.0879. The molecule has 3 rings (SSSR count). The molecule has 0 unspecified atom stereocenters. The summed E-state index contributed by atoms with van der Waals surface area (Å²) in [5, 5.41) is 13.8. The van der Waals surface area contributed by atoms with E-state index in [4.69, 9.17) is 0 Å². The van der Waals surface area contributed by atoms with Gasteiger partial charge in [0.2, 0.25) is 5.91 Å². The largest absolute Gasteiger partial charge is 0.394 e. The van der Waals surface area contributed by atoms with Crippen LogP contribution < -0.4 is 10.2 Å². The van der Waals surface area contributed by atoms with E-state index in [1.807, 2.05) is 25.3 Å². The number of H-pyrrole nitrogens is 1. The molecule has 6 nitrogen and oxygen atoms in total. The minimum Gasteiger partial charge on any atom is -0.394 e. The molecule has 0 radical (unpaired) electrons. The number of unbranched alkanes of at least 4 members (excludes halogenated alkanes) is 1. The van der Waals surface area contributed by atoms with Gasteiger partial charge in [0.05, 0.1) is 18.2 Å². The molecule has 2 aromatic rings. The Kier molecular flexibility index (Phi) is 6.63. The third-order valence-corrected chi connectivity index (χ3v) is 5.70. The summed E-state index contributed by atoms with van der Waals surface area (Å²) >= 11 is 0. The van der Waals surface area contributed by atoms with Gasteiger partial charge < -0.3 is 20.3 Å². The zero-order chi connectivity index (χ0) is 21.1. The van der Waals surface area contributed by atoms with Crippen molar-refractivity contribution in [2.24, 2.45) is 5.92 Å². The molecule has 1 amide bonds. The lowest BCUT2D eigenvalue weighted by molar-refractivity contribution is -0.123. The Balaban J connectivity index is 2.19. The van der Waals surface area contributed by atoms with Crippen molar-refractivity contribution in [2.45, 2.75) is 65.5 Å². The molecule has 0 bridgehead atoms. The van der Waals surface area contributed by atoms with Gasteiger partial charge in [-0.05, 0) is 43.4 Å². The van der Waals surface area contributed by atoms with E-state index in [1.165, 1.54) is 0 Å². The summed E-state index contributed by atoms with van der Waals surface area (Å²) in [5.74, 6) is 0.418. The number of aromatic nitrogens is 1. The Bertz CT molecular complexity index is 887. The zero-order valence-electron chi connectivity index (χ0n) is 17.9. The number of aromatic amines is 1. The molecule has 0 fully saturated rings. The maximum atomic E-state index is 12.8. The van der Waals surface area contributed by atoms with Crippen molar-refractivity contribution in [3.63, 3.8) is 0 Å². The van der Waals surface area contributed by atoms with Crippen LogP contribution in [0.5, 0.6) is 0 Å². The van der Waals surface area contributed by atoms with Gasteiger partial charge in [-0.15, -0.1) is 0 Å². The lowest BCUT2D eigenvalue weighted by atomic mass is 9.97. The third kappa shape index (κ3) is 4.32. The summed E-state index contributed by atoms with van der Waals surface area (Å²) in [4.78, 5) is 31.1. The highest BCUT2D eigenvalue weighted by molar-refractivity contribution is 6.11. The summed E-state index contributed by atoms with van der Waals surface area (Å²) in [6, 6.07) is 3.16. The number of ketones is 1. The monoisotopic (exact) mass is 399 g/mol. The molecular formula is C23H33N3O3. The Morgan fingerprint density at radius 3 is 2.76 bits per heavy atom.